The average molecular weight is 500 g/mol. The molecule has 1 aliphatic heterocycles. The lowest BCUT2D eigenvalue weighted by Crippen LogP contribution is -2.56. The summed E-state index contributed by atoms with van der Waals surface area (Å²) < 4.78 is 45.9. The minimum absolute atomic E-state index is 0.0462. The maximum Gasteiger partial charge on any atom is 0.274 e. The average Bonchev–Trinajstić information content (AvgIpc) is 3.58. The zero-order valence-electron chi connectivity index (χ0n) is 20.4. The van der Waals surface area contributed by atoms with Crippen LogP contribution in [0.3, 0.4) is 0 Å². The highest BCUT2D eigenvalue weighted by atomic mass is 19.2. The number of hydrogen-bond donors (Lipinski definition) is 1. The van der Waals surface area contributed by atoms with Gasteiger partial charge in [0.05, 0.1) is 5.69 Å². The van der Waals surface area contributed by atoms with Gasteiger partial charge >= 0.3 is 0 Å². The molecule has 0 bridgehead atoms. The van der Waals surface area contributed by atoms with Crippen LogP contribution in [-0.4, -0.2) is 54.3 Å². The number of amides is 1. The second kappa shape index (κ2) is 8.95. The molecule has 3 heterocycles. The van der Waals surface area contributed by atoms with Crippen molar-refractivity contribution in [2.24, 2.45) is 7.05 Å². The van der Waals surface area contributed by atoms with E-state index in [-0.39, 0.29) is 23.0 Å². The second-order valence-corrected chi connectivity index (χ2v) is 10.2. The first-order valence-electron chi connectivity index (χ1n) is 11.9. The van der Waals surface area contributed by atoms with Crippen LogP contribution in [0.1, 0.15) is 72.2 Å². The van der Waals surface area contributed by atoms with Gasteiger partial charge < -0.3 is 9.88 Å². The second-order valence-electron chi connectivity index (χ2n) is 10.2. The molecule has 8 nitrogen and oxygen atoms in total. The molecule has 1 amide bonds. The van der Waals surface area contributed by atoms with E-state index in [2.05, 4.69) is 25.5 Å². The quantitative estimate of drug-likeness (QED) is 0.501. The number of hydrogen-bond acceptors (Lipinski definition) is 6. The van der Waals surface area contributed by atoms with Crippen molar-refractivity contribution >= 4 is 11.6 Å². The number of aryl methyl sites for hydroxylation is 1. The van der Waals surface area contributed by atoms with Crippen LogP contribution < -0.4 is 5.32 Å². The number of nitrogens with one attached hydrogen (secondary N) is 1. The molecule has 1 N–H and O–H groups in total. The first-order chi connectivity index (χ1) is 17.0. The van der Waals surface area contributed by atoms with Crippen LogP contribution in [-0.2, 0) is 19.3 Å². The molecule has 11 heteroatoms. The standard InChI is InChI=1S/C25H28F3N7O/c1-24(27)12-35(13-24)11-18-10-19(32-21(30-18)15-7-8-15)23(36)31-17-6-4-5-16(9-17)25(2,28)20(26)22-33-29-14-34(22)3/h4-6,9-10,14-15,20H,7-8,11-13H2,1-3H3,(H,31,36)/t20-,25+/m1/s1. The Morgan fingerprint density at radius 2 is 2.03 bits per heavy atom. The molecule has 0 unspecified atom stereocenters. The number of nitrogens with zero attached hydrogens (tertiary/aromatic N) is 6. The third-order valence-electron chi connectivity index (χ3n) is 6.60. The van der Waals surface area contributed by atoms with Gasteiger partial charge in [0.1, 0.15) is 23.5 Å². The van der Waals surface area contributed by atoms with Crippen molar-refractivity contribution in [3.05, 3.63) is 65.3 Å². The molecule has 36 heavy (non-hydrogen) atoms. The van der Waals surface area contributed by atoms with Crippen LogP contribution in [0.5, 0.6) is 0 Å². The summed E-state index contributed by atoms with van der Waals surface area (Å²) in [5.74, 6) is 0.209. The third-order valence-corrected chi connectivity index (χ3v) is 6.60. The van der Waals surface area contributed by atoms with Gasteiger partial charge in [-0.25, -0.2) is 23.1 Å². The Morgan fingerprint density at radius 1 is 1.28 bits per heavy atom. The summed E-state index contributed by atoms with van der Waals surface area (Å²) in [6.45, 7) is 3.75. The molecule has 0 spiro atoms. The maximum absolute atomic E-state index is 15.6. The summed E-state index contributed by atoms with van der Waals surface area (Å²) in [4.78, 5) is 24.1. The largest absolute Gasteiger partial charge is 0.321 e. The van der Waals surface area contributed by atoms with Gasteiger partial charge in [-0.3, -0.25) is 9.69 Å². The highest BCUT2D eigenvalue weighted by Crippen LogP contribution is 2.41. The van der Waals surface area contributed by atoms with E-state index in [4.69, 9.17) is 0 Å². The monoisotopic (exact) mass is 499 g/mol. The van der Waals surface area contributed by atoms with E-state index in [1.165, 1.54) is 23.0 Å². The molecule has 190 valence electrons. The molecular formula is C25H28F3N7O. The van der Waals surface area contributed by atoms with E-state index in [0.29, 0.717) is 36.8 Å². The van der Waals surface area contributed by atoms with Gasteiger partial charge in [0.15, 0.2) is 17.7 Å². The van der Waals surface area contributed by atoms with Crippen LogP contribution in [0.15, 0.2) is 36.7 Å². The minimum Gasteiger partial charge on any atom is -0.321 e. The zero-order chi connectivity index (χ0) is 25.7. The zero-order valence-corrected chi connectivity index (χ0v) is 20.4. The van der Waals surface area contributed by atoms with Crippen molar-refractivity contribution in [3.8, 4) is 0 Å². The predicted molar refractivity (Wildman–Crippen MR) is 127 cm³/mol. The van der Waals surface area contributed by atoms with E-state index in [9.17, 15) is 9.18 Å². The van der Waals surface area contributed by atoms with Crippen molar-refractivity contribution in [1.82, 2.24) is 29.6 Å². The smallest absolute Gasteiger partial charge is 0.274 e. The van der Waals surface area contributed by atoms with Crippen molar-refractivity contribution in [2.45, 2.75) is 56.7 Å². The SMILES string of the molecule is Cn1cnnc1[C@@H](F)[C@@](C)(F)c1cccc(NC(=O)c2cc(CN3CC(C)(F)C3)nc(C3CC3)n2)c1. The minimum atomic E-state index is -2.41. The lowest BCUT2D eigenvalue weighted by atomic mass is 9.92. The molecule has 1 aliphatic carbocycles. The van der Waals surface area contributed by atoms with Crippen LogP contribution in [0.25, 0.3) is 0 Å². The normalized spacial score (nSPS) is 19.8. The number of carbonyl (C=O) groups excluding carboxylic acids is 1. The van der Waals surface area contributed by atoms with Crippen LogP contribution in [0.4, 0.5) is 18.9 Å². The van der Waals surface area contributed by atoms with E-state index in [1.54, 1.807) is 32.2 Å². The Hall–Kier alpha value is -3.34. The Kier molecular flexibility index (Phi) is 6.06. The van der Waals surface area contributed by atoms with Gasteiger partial charge in [-0.1, -0.05) is 12.1 Å². The fourth-order valence-corrected chi connectivity index (χ4v) is 4.47. The Morgan fingerprint density at radius 3 is 2.67 bits per heavy atom. The number of anilines is 1. The molecule has 5 rings (SSSR count). The van der Waals surface area contributed by atoms with Crippen molar-refractivity contribution in [1.29, 1.82) is 0 Å². The van der Waals surface area contributed by atoms with Crippen LogP contribution in [0, 0.1) is 0 Å². The van der Waals surface area contributed by atoms with E-state index >= 15 is 8.78 Å². The topological polar surface area (TPSA) is 88.8 Å². The van der Waals surface area contributed by atoms with Crippen LogP contribution in [0.2, 0.25) is 0 Å². The van der Waals surface area contributed by atoms with Crippen molar-refractivity contribution in [3.63, 3.8) is 0 Å². The fraction of sp³-hybridized carbons (Fsp3) is 0.480. The Labute approximate surface area is 207 Å². The fourth-order valence-electron chi connectivity index (χ4n) is 4.47. The van der Waals surface area contributed by atoms with Gasteiger partial charge in [0, 0.05) is 38.3 Å². The first kappa shape index (κ1) is 24.4. The summed E-state index contributed by atoms with van der Waals surface area (Å²) in [7, 11) is 1.54. The Bertz CT molecular complexity index is 1280. The van der Waals surface area contributed by atoms with Gasteiger partial charge in [-0.2, -0.15) is 0 Å². The molecule has 1 aromatic carbocycles. The number of aromatic nitrogens is 5. The predicted octanol–water partition coefficient (Wildman–Crippen LogP) is 4.17. The van der Waals surface area contributed by atoms with E-state index < -0.39 is 23.4 Å². The number of carbonyl (C=O) groups is 1. The van der Waals surface area contributed by atoms with Crippen molar-refractivity contribution in [2.75, 3.05) is 18.4 Å². The first-order valence-corrected chi connectivity index (χ1v) is 11.9. The lowest BCUT2D eigenvalue weighted by Gasteiger charge is -2.42. The molecular weight excluding hydrogens is 471 g/mol. The molecule has 2 atom stereocenters. The molecule has 1 saturated heterocycles. The molecule has 2 fully saturated rings. The third kappa shape index (κ3) is 4.97. The number of likely N-dealkylation sites (tertiary alicyclic amines) is 1. The van der Waals surface area contributed by atoms with Crippen LogP contribution >= 0.6 is 0 Å². The number of halogens is 3. The van der Waals surface area contributed by atoms with Gasteiger partial charge in [-0.15, -0.1) is 10.2 Å². The molecule has 2 aromatic heterocycles. The summed E-state index contributed by atoms with van der Waals surface area (Å²) in [6, 6.07) is 7.60. The van der Waals surface area contributed by atoms with E-state index in [1.807, 2.05) is 4.90 Å². The van der Waals surface area contributed by atoms with Crippen molar-refractivity contribution < 1.29 is 18.0 Å². The lowest BCUT2D eigenvalue weighted by molar-refractivity contribution is -0.0233. The number of benzene rings is 1. The Balaban J connectivity index is 1.34. The molecule has 2 aliphatic rings. The van der Waals surface area contributed by atoms with E-state index in [0.717, 1.165) is 19.8 Å². The highest BCUT2D eigenvalue weighted by Gasteiger charge is 2.41. The van der Waals surface area contributed by atoms with Gasteiger partial charge in [0.2, 0.25) is 0 Å². The summed E-state index contributed by atoms with van der Waals surface area (Å²) in [5, 5.41) is 10.0. The summed E-state index contributed by atoms with van der Waals surface area (Å²) >= 11 is 0. The summed E-state index contributed by atoms with van der Waals surface area (Å²) in [5.41, 5.74) is -2.43. The number of rotatable bonds is 8. The number of alkyl halides is 3. The maximum atomic E-state index is 15.6. The molecule has 0 radical (unpaired) electrons. The van der Waals surface area contributed by atoms with Gasteiger partial charge in [0.25, 0.3) is 5.91 Å². The molecule has 1 saturated carbocycles. The highest BCUT2D eigenvalue weighted by molar-refractivity contribution is 6.03. The molecule has 3 aromatic rings. The van der Waals surface area contributed by atoms with Gasteiger partial charge in [-0.05, 0) is 50.5 Å². The summed E-state index contributed by atoms with van der Waals surface area (Å²) in [6.07, 6.45) is 1.17.